The van der Waals surface area contributed by atoms with Crippen LogP contribution in [-0.2, 0) is 26.2 Å². The van der Waals surface area contributed by atoms with Crippen molar-refractivity contribution in [3.63, 3.8) is 0 Å². The van der Waals surface area contributed by atoms with Crippen LogP contribution in [0.1, 0.15) is 32.8 Å². The molecule has 0 heterocycles. The Morgan fingerprint density at radius 3 is 2.20 bits per heavy atom. The first-order valence-corrected chi connectivity index (χ1v) is 14.1. The maximum Gasteiger partial charge on any atom is 0.244 e. The first kappa shape index (κ1) is 29.5. The van der Waals surface area contributed by atoms with Crippen molar-refractivity contribution in [3.05, 3.63) is 62.1 Å². The van der Waals surface area contributed by atoms with Crippen LogP contribution < -0.4 is 9.62 Å². The fraction of sp³-hybridized carbons (Fsp3) is 0.391. The zero-order chi connectivity index (χ0) is 26.5. The highest BCUT2D eigenvalue weighted by molar-refractivity contribution is 7.92. The van der Waals surface area contributed by atoms with Crippen LogP contribution in [0.5, 0.6) is 0 Å². The molecule has 2 rings (SSSR count). The SMILES string of the molecule is CC[C@@H](C)NC(=O)[C@@H](C)N(Cc1cccc(Cl)c1)C(=O)CN(c1cc(Cl)c(Cl)cc1Cl)S(C)(=O)=O. The van der Waals surface area contributed by atoms with Crippen molar-refractivity contribution in [2.45, 2.75) is 45.8 Å². The van der Waals surface area contributed by atoms with Crippen LogP contribution in [0.4, 0.5) is 5.69 Å². The largest absolute Gasteiger partial charge is 0.352 e. The van der Waals surface area contributed by atoms with Crippen LogP contribution >= 0.6 is 46.4 Å². The van der Waals surface area contributed by atoms with Crippen molar-refractivity contribution in [2.75, 3.05) is 17.1 Å². The van der Waals surface area contributed by atoms with Gasteiger partial charge in [-0.25, -0.2) is 8.42 Å². The van der Waals surface area contributed by atoms with Gasteiger partial charge in [0.2, 0.25) is 21.8 Å². The number of sulfonamides is 1. The number of anilines is 1. The molecule has 0 aliphatic carbocycles. The summed E-state index contributed by atoms with van der Waals surface area (Å²) in [5.74, 6) is -0.988. The van der Waals surface area contributed by atoms with E-state index in [0.717, 1.165) is 10.6 Å². The Bertz CT molecular complexity index is 1190. The molecular formula is C23H27Cl4N3O4S. The predicted molar refractivity (Wildman–Crippen MR) is 143 cm³/mol. The second-order valence-electron chi connectivity index (χ2n) is 8.13. The summed E-state index contributed by atoms with van der Waals surface area (Å²) >= 11 is 24.4. The van der Waals surface area contributed by atoms with Gasteiger partial charge < -0.3 is 10.2 Å². The molecule has 2 atom stereocenters. The van der Waals surface area contributed by atoms with Gasteiger partial charge in [0.25, 0.3) is 0 Å². The third-order valence-corrected chi connectivity index (χ3v) is 7.73. The lowest BCUT2D eigenvalue weighted by Crippen LogP contribution is -2.52. The van der Waals surface area contributed by atoms with Crippen molar-refractivity contribution in [1.82, 2.24) is 10.2 Å². The number of hydrogen-bond donors (Lipinski definition) is 1. The summed E-state index contributed by atoms with van der Waals surface area (Å²) < 4.78 is 26.1. The Kier molecular flexibility index (Phi) is 10.5. The third kappa shape index (κ3) is 8.15. The summed E-state index contributed by atoms with van der Waals surface area (Å²) in [6.45, 7) is 4.78. The number of nitrogens with zero attached hydrogens (tertiary/aromatic N) is 2. The molecule has 0 unspecified atom stereocenters. The number of rotatable bonds is 10. The van der Waals surface area contributed by atoms with Gasteiger partial charge in [-0.05, 0) is 50.1 Å². The summed E-state index contributed by atoms with van der Waals surface area (Å²) in [5.41, 5.74) is 0.670. The fourth-order valence-corrected chi connectivity index (χ4v) is 4.94. The summed E-state index contributed by atoms with van der Waals surface area (Å²) in [6.07, 6.45) is 1.65. The molecule has 35 heavy (non-hydrogen) atoms. The summed E-state index contributed by atoms with van der Waals surface area (Å²) in [5, 5.41) is 3.53. The number of amides is 2. The highest BCUT2D eigenvalue weighted by Gasteiger charge is 2.31. The number of benzene rings is 2. The number of nitrogens with one attached hydrogen (secondary N) is 1. The number of carbonyl (C=O) groups is 2. The lowest BCUT2D eigenvalue weighted by atomic mass is 10.1. The molecule has 0 spiro atoms. The molecule has 2 aromatic carbocycles. The van der Waals surface area contributed by atoms with Gasteiger partial charge in [0.1, 0.15) is 12.6 Å². The molecule has 0 fully saturated rings. The Hall–Kier alpha value is -1.71. The molecule has 2 amide bonds. The molecule has 0 bridgehead atoms. The van der Waals surface area contributed by atoms with Crippen LogP contribution in [0.15, 0.2) is 36.4 Å². The molecule has 0 aliphatic rings. The van der Waals surface area contributed by atoms with E-state index in [4.69, 9.17) is 46.4 Å². The van der Waals surface area contributed by atoms with Crippen LogP contribution in [0, 0.1) is 0 Å². The normalized spacial score (nSPS) is 13.1. The van der Waals surface area contributed by atoms with E-state index in [1.807, 2.05) is 13.8 Å². The van der Waals surface area contributed by atoms with E-state index in [-0.39, 0.29) is 39.2 Å². The van der Waals surface area contributed by atoms with Crippen molar-refractivity contribution in [3.8, 4) is 0 Å². The van der Waals surface area contributed by atoms with Crippen molar-refractivity contribution < 1.29 is 18.0 Å². The van der Waals surface area contributed by atoms with Crippen LogP contribution in [-0.4, -0.2) is 50.0 Å². The van der Waals surface area contributed by atoms with Gasteiger partial charge in [-0.3, -0.25) is 13.9 Å². The molecule has 12 heteroatoms. The topological polar surface area (TPSA) is 86.8 Å². The van der Waals surface area contributed by atoms with Crippen LogP contribution in [0.3, 0.4) is 0 Å². The molecule has 0 aromatic heterocycles. The monoisotopic (exact) mass is 581 g/mol. The van der Waals surface area contributed by atoms with Gasteiger partial charge in [-0.2, -0.15) is 0 Å². The minimum absolute atomic E-state index is 0.00146. The molecule has 2 aromatic rings. The fourth-order valence-electron chi connectivity index (χ4n) is 3.18. The quantitative estimate of drug-likeness (QED) is 0.380. The van der Waals surface area contributed by atoms with Gasteiger partial charge in [-0.15, -0.1) is 0 Å². The van der Waals surface area contributed by atoms with Gasteiger partial charge >= 0.3 is 0 Å². The minimum atomic E-state index is -3.97. The second-order valence-corrected chi connectivity index (χ2v) is 11.7. The number of hydrogen-bond acceptors (Lipinski definition) is 4. The molecular weight excluding hydrogens is 556 g/mol. The lowest BCUT2D eigenvalue weighted by Gasteiger charge is -2.32. The smallest absolute Gasteiger partial charge is 0.244 e. The van der Waals surface area contributed by atoms with E-state index in [9.17, 15) is 18.0 Å². The van der Waals surface area contributed by atoms with Crippen LogP contribution in [0.25, 0.3) is 0 Å². The van der Waals surface area contributed by atoms with E-state index in [1.165, 1.54) is 17.0 Å². The van der Waals surface area contributed by atoms with Gasteiger partial charge in [0, 0.05) is 17.6 Å². The number of carbonyl (C=O) groups excluding carboxylic acids is 2. The van der Waals surface area contributed by atoms with Crippen molar-refractivity contribution >= 4 is 73.9 Å². The molecule has 0 radical (unpaired) electrons. The predicted octanol–water partition coefficient (Wildman–Crippen LogP) is 5.40. The molecule has 192 valence electrons. The van der Waals surface area contributed by atoms with E-state index in [0.29, 0.717) is 17.0 Å². The minimum Gasteiger partial charge on any atom is -0.352 e. The number of halogens is 4. The average Bonchev–Trinajstić information content (AvgIpc) is 2.77. The third-order valence-electron chi connectivity index (χ3n) is 5.35. The summed E-state index contributed by atoms with van der Waals surface area (Å²) in [7, 11) is -3.97. The van der Waals surface area contributed by atoms with Crippen molar-refractivity contribution in [1.29, 1.82) is 0 Å². The standard InChI is InChI=1S/C23H27Cl4N3O4S/c1-5-14(2)28-23(32)15(3)29(12-16-7-6-8-17(24)9-16)22(31)13-30(35(4,33)34)21-11-19(26)18(25)10-20(21)27/h6-11,14-15H,5,12-13H2,1-4H3,(H,28,32)/t14-,15-/m1/s1. The van der Waals surface area contributed by atoms with E-state index in [2.05, 4.69) is 5.32 Å². The first-order chi connectivity index (χ1) is 16.2. The van der Waals surface area contributed by atoms with Gasteiger partial charge in [-0.1, -0.05) is 65.5 Å². The van der Waals surface area contributed by atoms with Crippen LogP contribution in [0.2, 0.25) is 20.1 Å². The highest BCUT2D eigenvalue weighted by Crippen LogP contribution is 2.35. The van der Waals surface area contributed by atoms with E-state index >= 15 is 0 Å². The lowest BCUT2D eigenvalue weighted by molar-refractivity contribution is -0.139. The first-order valence-electron chi connectivity index (χ1n) is 10.7. The zero-order valence-electron chi connectivity index (χ0n) is 19.7. The summed E-state index contributed by atoms with van der Waals surface area (Å²) in [6, 6.07) is 8.42. The van der Waals surface area contributed by atoms with E-state index < -0.39 is 28.5 Å². The van der Waals surface area contributed by atoms with E-state index in [1.54, 1.807) is 31.2 Å². The molecule has 0 saturated heterocycles. The zero-order valence-corrected chi connectivity index (χ0v) is 23.5. The molecule has 0 aliphatic heterocycles. The van der Waals surface area contributed by atoms with Gasteiger partial charge in [0.05, 0.1) is 27.0 Å². The Morgan fingerprint density at radius 2 is 1.63 bits per heavy atom. The molecule has 0 saturated carbocycles. The Balaban J connectivity index is 2.46. The maximum absolute atomic E-state index is 13.5. The Morgan fingerprint density at radius 1 is 1.00 bits per heavy atom. The highest BCUT2D eigenvalue weighted by atomic mass is 35.5. The van der Waals surface area contributed by atoms with Gasteiger partial charge in [0.15, 0.2) is 0 Å². The maximum atomic E-state index is 13.5. The average molecular weight is 583 g/mol. The second kappa shape index (κ2) is 12.5. The Labute approximate surface area is 226 Å². The molecule has 1 N–H and O–H groups in total. The van der Waals surface area contributed by atoms with Crippen molar-refractivity contribution in [2.24, 2.45) is 0 Å². The molecule has 7 nitrogen and oxygen atoms in total. The summed E-state index contributed by atoms with van der Waals surface area (Å²) in [4.78, 5) is 27.7.